The highest BCUT2D eigenvalue weighted by Crippen LogP contribution is 2.49. The van der Waals surface area contributed by atoms with Crippen LogP contribution in [0, 0.1) is 0 Å². The van der Waals surface area contributed by atoms with Crippen molar-refractivity contribution in [1.82, 2.24) is 9.97 Å². The van der Waals surface area contributed by atoms with Crippen LogP contribution < -0.4 is 4.90 Å². The van der Waals surface area contributed by atoms with Crippen molar-refractivity contribution in [2.75, 3.05) is 11.5 Å². The van der Waals surface area contributed by atoms with Gasteiger partial charge in [0.05, 0.1) is 23.4 Å². The van der Waals surface area contributed by atoms with E-state index in [4.69, 9.17) is 4.74 Å². The molecule has 0 aliphatic carbocycles. The quantitative estimate of drug-likeness (QED) is 0.511. The molecule has 0 spiro atoms. The lowest BCUT2D eigenvalue weighted by molar-refractivity contribution is -0.143. The number of carbonyl (C=O) groups excluding carboxylic acids is 2. The summed E-state index contributed by atoms with van der Waals surface area (Å²) in [5.41, 5.74) is 2.58. The van der Waals surface area contributed by atoms with Crippen molar-refractivity contribution in [3.8, 4) is 0 Å². The molecule has 2 heterocycles. The average molecular weight is 415 g/mol. The van der Waals surface area contributed by atoms with Gasteiger partial charge < -0.3 is 4.74 Å². The first-order chi connectivity index (χ1) is 15.2. The predicted molar refractivity (Wildman–Crippen MR) is 118 cm³/mol. The molecule has 0 radical (unpaired) electrons. The number of fused-ring (bicyclic) bond motifs is 1. The Labute approximate surface area is 181 Å². The minimum Gasteiger partial charge on any atom is -0.466 e. The van der Waals surface area contributed by atoms with E-state index < -0.39 is 5.41 Å². The predicted octanol–water partition coefficient (Wildman–Crippen LogP) is 4.37. The summed E-state index contributed by atoms with van der Waals surface area (Å²) in [6.07, 6.45) is 6.72. The largest absolute Gasteiger partial charge is 0.466 e. The third-order valence-corrected chi connectivity index (χ3v) is 5.68. The van der Waals surface area contributed by atoms with Gasteiger partial charge in [-0.05, 0) is 43.5 Å². The molecule has 1 unspecified atom stereocenters. The number of carbonyl (C=O) groups is 2. The van der Waals surface area contributed by atoms with Gasteiger partial charge in [-0.25, -0.2) is 0 Å². The number of rotatable bonds is 8. The first-order valence-corrected chi connectivity index (χ1v) is 10.6. The van der Waals surface area contributed by atoms with Gasteiger partial charge in [0.25, 0.3) is 0 Å². The number of benzene rings is 2. The molecule has 1 atom stereocenters. The summed E-state index contributed by atoms with van der Waals surface area (Å²) in [7, 11) is 0. The molecule has 0 saturated heterocycles. The second-order valence-corrected chi connectivity index (χ2v) is 7.61. The molecule has 0 saturated carbocycles. The van der Waals surface area contributed by atoms with Gasteiger partial charge in [0.2, 0.25) is 5.91 Å². The van der Waals surface area contributed by atoms with E-state index in [0.29, 0.717) is 25.9 Å². The summed E-state index contributed by atoms with van der Waals surface area (Å²) in [6.45, 7) is 2.15. The Morgan fingerprint density at radius 3 is 2.58 bits per heavy atom. The number of amides is 1. The van der Waals surface area contributed by atoms with Gasteiger partial charge in [0, 0.05) is 37.1 Å². The molecule has 1 aliphatic heterocycles. The summed E-state index contributed by atoms with van der Waals surface area (Å²) in [5, 5.41) is 0. The van der Waals surface area contributed by atoms with Gasteiger partial charge in [-0.3, -0.25) is 24.5 Å². The molecule has 4 rings (SSSR count). The molecule has 31 heavy (non-hydrogen) atoms. The van der Waals surface area contributed by atoms with Gasteiger partial charge in [-0.15, -0.1) is 0 Å². The third kappa shape index (κ3) is 4.06. The zero-order valence-electron chi connectivity index (χ0n) is 17.5. The highest BCUT2D eigenvalue weighted by molar-refractivity contribution is 6.13. The van der Waals surface area contributed by atoms with E-state index in [9.17, 15) is 9.59 Å². The third-order valence-electron chi connectivity index (χ3n) is 5.68. The van der Waals surface area contributed by atoms with E-state index in [1.54, 1.807) is 30.4 Å². The van der Waals surface area contributed by atoms with Crippen molar-refractivity contribution in [3.05, 3.63) is 84.4 Å². The maximum absolute atomic E-state index is 14.1. The summed E-state index contributed by atoms with van der Waals surface area (Å²) in [5.74, 6) is -0.245. The highest BCUT2D eigenvalue weighted by atomic mass is 16.5. The van der Waals surface area contributed by atoms with Gasteiger partial charge in [-0.1, -0.05) is 36.4 Å². The highest BCUT2D eigenvalue weighted by Gasteiger charge is 2.51. The van der Waals surface area contributed by atoms with Crippen molar-refractivity contribution in [2.24, 2.45) is 0 Å². The van der Waals surface area contributed by atoms with E-state index in [1.165, 1.54) is 0 Å². The molecule has 2 aromatic carbocycles. The van der Waals surface area contributed by atoms with Gasteiger partial charge in [-0.2, -0.15) is 0 Å². The van der Waals surface area contributed by atoms with Crippen molar-refractivity contribution < 1.29 is 14.3 Å². The van der Waals surface area contributed by atoms with Crippen LogP contribution in [0.15, 0.2) is 73.2 Å². The summed E-state index contributed by atoms with van der Waals surface area (Å²) < 4.78 is 5.09. The lowest BCUT2D eigenvalue weighted by Crippen LogP contribution is -2.40. The molecule has 3 aromatic rings. The maximum Gasteiger partial charge on any atom is 0.305 e. The number of hydrogen-bond acceptors (Lipinski definition) is 5. The Morgan fingerprint density at radius 2 is 1.84 bits per heavy atom. The standard InChI is InChI=1S/C25H25N3O3/c1-2-31-23(29)13-8-14-25(17-19-18-26-15-16-27-19)21-11-6-7-12-22(21)28(24(25)30)20-9-4-3-5-10-20/h3-7,9-12,15-16,18H,2,8,13-14,17H2,1H3. The first kappa shape index (κ1) is 20.7. The smallest absolute Gasteiger partial charge is 0.305 e. The molecular weight excluding hydrogens is 390 g/mol. The van der Waals surface area contributed by atoms with Gasteiger partial charge >= 0.3 is 5.97 Å². The normalized spacial score (nSPS) is 17.5. The van der Waals surface area contributed by atoms with Crippen LogP contribution in [0.1, 0.15) is 37.4 Å². The fourth-order valence-corrected chi connectivity index (χ4v) is 4.34. The Morgan fingerprint density at radius 1 is 1.06 bits per heavy atom. The number of hydrogen-bond donors (Lipinski definition) is 0. The minimum absolute atomic E-state index is 0.00517. The molecule has 0 N–H and O–H groups in total. The summed E-state index contributed by atoms with van der Waals surface area (Å²) in [4.78, 5) is 36.4. The lowest BCUT2D eigenvalue weighted by Gasteiger charge is -2.29. The van der Waals surface area contributed by atoms with E-state index in [1.807, 2.05) is 54.6 Å². The number of anilines is 2. The Hall–Kier alpha value is -3.54. The van der Waals surface area contributed by atoms with Crippen LogP contribution in [0.5, 0.6) is 0 Å². The van der Waals surface area contributed by atoms with Crippen LogP contribution in [-0.2, 0) is 26.2 Å². The number of para-hydroxylation sites is 2. The molecule has 6 nitrogen and oxygen atoms in total. The average Bonchev–Trinajstić information content (AvgIpc) is 3.03. The van der Waals surface area contributed by atoms with Crippen molar-refractivity contribution in [2.45, 2.75) is 38.0 Å². The van der Waals surface area contributed by atoms with Crippen LogP contribution in [0.4, 0.5) is 11.4 Å². The zero-order valence-corrected chi connectivity index (χ0v) is 17.5. The monoisotopic (exact) mass is 415 g/mol. The Balaban J connectivity index is 1.75. The Kier molecular flexibility index (Phi) is 6.07. The molecule has 0 fully saturated rings. The van der Waals surface area contributed by atoms with E-state index in [2.05, 4.69) is 9.97 Å². The van der Waals surface area contributed by atoms with Gasteiger partial charge in [0.15, 0.2) is 0 Å². The van der Waals surface area contributed by atoms with Crippen LogP contribution in [-0.4, -0.2) is 28.5 Å². The second kappa shape index (κ2) is 9.08. The first-order valence-electron chi connectivity index (χ1n) is 10.6. The van der Waals surface area contributed by atoms with Crippen molar-refractivity contribution in [1.29, 1.82) is 0 Å². The SMILES string of the molecule is CCOC(=O)CCCC1(Cc2cnccn2)C(=O)N(c2ccccc2)c2ccccc21. The summed E-state index contributed by atoms with van der Waals surface area (Å²) >= 11 is 0. The van der Waals surface area contributed by atoms with Crippen LogP contribution in [0.3, 0.4) is 0 Å². The van der Waals surface area contributed by atoms with Crippen molar-refractivity contribution >= 4 is 23.3 Å². The van der Waals surface area contributed by atoms with Crippen molar-refractivity contribution in [3.63, 3.8) is 0 Å². The van der Waals surface area contributed by atoms with E-state index in [-0.39, 0.29) is 18.3 Å². The number of nitrogens with zero attached hydrogens (tertiary/aromatic N) is 3. The fraction of sp³-hybridized carbons (Fsp3) is 0.280. The summed E-state index contributed by atoms with van der Waals surface area (Å²) in [6, 6.07) is 17.5. The molecule has 0 bridgehead atoms. The molecule has 1 aromatic heterocycles. The van der Waals surface area contributed by atoms with E-state index >= 15 is 0 Å². The Bertz CT molecular complexity index is 1060. The van der Waals surface area contributed by atoms with Gasteiger partial charge in [0.1, 0.15) is 0 Å². The molecule has 1 aliphatic rings. The lowest BCUT2D eigenvalue weighted by atomic mass is 9.74. The molecule has 6 heteroatoms. The second-order valence-electron chi connectivity index (χ2n) is 7.61. The molecule has 158 valence electrons. The van der Waals surface area contributed by atoms with Crippen LogP contribution in [0.25, 0.3) is 0 Å². The topological polar surface area (TPSA) is 72.4 Å². The van der Waals surface area contributed by atoms with E-state index in [0.717, 1.165) is 22.6 Å². The fourth-order valence-electron chi connectivity index (χ4n) is 4.34. The zero-order chi connectivity index (χ0) is 21.7. The maximum atomic E-state index is 14.1. The number of aromatic nitrogens is 2. The molecule has 1 amide bonds. The minimum atomic E-state index is -0.824. The number of ether oxygens (including phenoxy) is 1. The van der Waals surface area contributed by atoms with Crippen LogP contribution in [0.2, 0.25) is 0 Å². The number of esters is 1. The molecular formula is C25H25N3O3. The van der Waals surface area contributed by atoms with Crippen LogP contribution >= 0.6 is 0 Å².